The zero-order valence-electron chi connectivity index (χ0n) is 45.8. The summed E-state index contributed by atoms with van der Waals surface area (Å²) in [6, 6.07) is 22.8. The van der Waals surface area contributed by atoms with Crippen molar-refractivity contribution in [1.82, 2.24) is 9.80 Å². The molecule has 0 aliphatic carbocycles. The van der Waals surface area contributed by atoms with Gasteiger partial charge < -0.3 is 35.1 Å². The number of amides is 2. The molecule has 2 aromatic carbocycles. The number of rotatable bonds is 23. The summed E-state index contributed by atoms with van der Waals surface area (Å²) in [5.74, 6) is 3.10. The van der Waals surface area contributed by atoms with Gasteiger partial charge in [0.2, 0.25) is 0 Å². The van der Waals surface area contributed by atoms with Crippen LogP contribution in [0.25, 0.3) is 52.8 Å². The lowest BCUT2D eigenvalue weighted by Crippen LogP contribution is -2.52. The Hall–Kier alpha value is -3.26. The molecule has 388 valence electrons. The highest BCUT2D eigenvalue weighted by Crippen LogP contribution is 2.42. The second-order valence-corrected chi connectivity index (χ2v) is 52.1. The maximum Gasteiger partial charge on any atom is 0.314 e. The van der Waals surface area contributed by atoms with Crippen molar-refractivity contribution in [2.45, 2.75) is 156 Å². The standard InChI is InChI=1S/C54H78N2O8S2Si6/c1-37-23-24-45(59-37)50-33-39-31-49-40(32-48(39)65-50)34-51(66-49)46-25-26-47(60-46)52-42-36-43-41(38(2)55(53(43)57)27-19-17-21-29-71(15,61-67(3,4)5)62-68(6,7)8)35-44(42)54(58)56(52)28-20-18-22-30-72(16,63-69(9,10)11)64-70(12,13)14/h23-26,31-36H,17-22,27-30H2,1-16H3. The lowest BCUT2D eigenvalue weighted by molar-refractivity contribution is 0.0833. The largest absolute Gasteiger partial charge is 0.461 e. The first kappa shape index (κ1) is 55.0. The van der Waals surface area contributed by atoms with E-state index in [1.54, 1.807) is 22.7 Å². The number of hydrogen-bond donors (Lipinski definition) is 0. The Morgan fingerprint density at radius 2 is 0.889 bits per heavy atom. The van der Waals surface area contributed by atoms with Crippen LogP contribution in [0.2, 0.25) is 104 Å². The summed E-state index contributed by atoms with van der Waals surface area (Å²) in [4.78, 5) is 35.2. The van der Waals surface area contributed by atoms with E-state index in [2.05, 4.69) is 116 Å². The molecule has 2 aliphatic heterocycles. The molecule has 8 rings (SSSR count). The second-order valence-electron chi connectivity index (χ2n) is 24.3. The first-order valence-electron chi connectivity index (χ1n) is 25.9. The van der Waals surface area contributed by atoms with Gasteiger partial charge in [-0.2, -0.15) is 0 Å². The van der Waals surface area contributed by atoms with Crippen LogP contribution in [-0.4, -0.2) is 85.1 Å². The van der Waals surface area contributed by atoms with Crippen molar-refractivity contribution < 1.29 is 34.9 Å². The number of hydrogen-bond acceptors (Lipinski definition) is 10. The number of nitrogens with zero attached hydrogens (tertiary/aromatic N) is 2. The van der Waals surface area contributed by atoms with Gasteiger partial charge >= 0.3 is 17.1 Å². The number of aryl methyl sites for hydroxylation is 1. The average molecular weight is 1120 g/mol. The summed E-state index contributed by atoms with van der Waals surface area (Å²) in [6.07, 6.45) is 5.56. The second kappa shape index (κ2) is 20.7. The number of unbranched alkanes of at least 4 members (excludes halogenated alkanes) is 4. The minimum atomic E-state index is -2.39. The molecule has 6 heterocycles. The monoisotopic (exact) mass is 1110 g/mol. The van der Waals surface area contributed by atoms with Gasteiger partial charge in [-0.1, -0.05) is 25.7 Å². The van der Waals surface area contributed by atoms with Crippen molar-refractivity contribution in [2.24, 2.45) is 0 Å². The van der Waals surface area contributed by atoms with E-state index in [0.29, 0.717) is 30.0 Å². The zero-order valence-corrected chi connectivity index (χ0v) is 53.5. The summed E-state index contributed by atoms with van der Waals surface area (Å²) in [5, 5.41) is 3.93. The van der Waals surface area contributed by atoms with Gasteiger partial charge in [-0.3, -0.25) is 9.59 Å². The molecular formula is C54H78N2O8S2Si6. The smallest absolute Gasteiger partial charge is 0.314 e. The van der Waals surface area contributed by atoms with Crippen molar-refractivity contribution >= 4 is 116 Å². The fourth-order valence-corrected chi connectivity index (χ4v) is 38.0. The number of carbonyl (C=O) groups excluding carboxylic acids is 2. The van der Waals surface area contributed by atoms with Gasteiger partial charge in [-0.15, -0.1) is 22.7 Å². The van der Waals surface area contributed by atoms with E-state index in [0.717, 1.165) is 105 Å². The van der Waals surface area contributed by atoms with Crippen molar-refractivity contribution in [3.8, 4) is 21.3 Å². The molecule has 2 aliphatic rings. The summed E-state index contributed by atoms with van der Waals surface area (Å²) < 4.78 is 42.3. The molecule has 4 aromatic heterocycles. The molecule has 0 saturated carbocycles. The SMILES string of the molecule is CC1=c2cc3c(cc2C(=O)N1CCCCC[Si](C)(O[Si](C)(C)C)O[Si](C)(C)C)=C(c1ccc(-c2cc4cc5sc(-c6ccc(C)o6)cc5cc4s2)o1)N(CCCCC[Si](C)(O[Si](C)(C)C)O[Si](C)(C)C)C3=O. The van der Waals surface area contributed by atoms with Crippen molar-refractivity contribution in [1.29, 1.82) is 0 Å². The van der Waals surface area contributed by atoms with Crippen LogP contribution in [0.4, 0.5) is 0 Å². The van der Waals surface area contributed by atoms with Crippen LogP contribution in [0.1, 0.15) is 77.7 Å². The van der Waals surface area contributed by atoms with Crippen LogP contribution in [0.5, 0.6) is 0 Å². The highest BCUT2D eigenvalue weighted by Gasteiger charge is 2.42. The Bertz CT molecular complexity index is 3040. The van der Waals surface area contributed by atoms with Gasteiger partial charge in [0.25, 0.3) is 11.8 Å². The van der Waals surface area contributed by atoms with E-state index in [1.165, 1.54) is 14.8 Å². The average Bonchev–Trinajstić information content (AvgIpc) is 4.09. The molecule has 0 spiro atoms. The van der Waals surface area contributed by atoms with E-state index in [1.807, 2.05) is 60.0 Å². The minimum Gasteiger partial charge on any atom is -0.461 e. The van der Waals surface area contributed by atoms with Gasteiger partial charge in [0.1, 0.15) is 17.3 Å². The Kier molecular flexibility index (Phi) is 15.8. The minimum absolute atomic E-state index is 0.0103. The van der Waals surface area contributed by atoms with Crippen LogP contribution in [0.3, 0.4) is 0 Å². The normalized spacial score (nSPS) is 15.1. The summed E-state index contributed by atoms with van der Waals surface area (Å²) in [6.45, 7) is 36.6. The molecule has 0 fully saturated rings. The Labute approximate surface area is 442 Å². The molecule has 0 saturated heterocycles. The Balaban J connectivity index is 1.05. The number of thiophene rings is 2. The van der Waals surface area contributed by atoms with E-state index in [4.69, 9.17) is 25.3 Å². The number of furan rings is 2. The Morgan fingerprint density at radius 1 is 0.472 bits per heavy atom. The molecule has 0 unspecified atom stereocenters. The molecule has 2 amide bonds. The Morgan fingerprint density at radius 3 is 1.36 bits per heavy atom. The molecule has 6 aromatic rings. The molecular weight excluding hydrogens is 1040 g/mol. The number of fused-ring (bicyclic) bond motifs is 4. The molecule has 0 N–H and O–H groups in total. The van der Waals surface area contributed by atoms with Crippen LogP contribution in [0.15, 0.2) is 69.5 Å². The molecule has 72 heavy (non-hydrogen) atoms. The van der Waals surface area contributed by atoms with E-state index in [-0.39, 0.29) is 11.8 Å². The van der Waals surface area contributed by atoms with Gasteiger partial charge in [0.15, 0.2) is 39.0 Å². The molecule has 0 bridgehead atoms. The summed E-state index contributed by atoms with van der Waals surface area (Å²) >= 11 is 3.44. The maximum absolute atomic E-state index is 14.8. The van der Waals surface area contributed by atoms with Gasteiger partial charge in [0.05, 0.1) is 21.0 Å². The fourth-order valence-electron chi connectivity index (χ4n) is 10.6. The third-order valence-corrected chi connectivity index (χ3v) is 34.2. The topological polar surface area (TPSA) is 104 Å². The van der Waals surface area contributed by atoms with Gasteiger partial charge in [0, 0.05) is 44.2 Å². The van der Waals surface area contributed by atoms with Crippen molar-refractivity contribution in [3.05, 3.63) is 93.7 Å². The highest BCUT2D eigenvalue weighted by atomic mass is 32.1. The molecule has 10 nitrogen and oxygen atoms in total. The molecule has 18 heteroatoms. The first-order valence-corrected chi connectivity index (χ1v) is 46.3. The highest BCUT2D eigenvalue weighted by molar-refractivity contribution is 7.23. The number of carbonyl (C=O) groups is 2. The van der Waals surface area contributed by atoms with Crippen molar-refractivity contribution in [2.75, 3.05) is 13.1 Å². The van der Waals surface area contributed by atoms with Crippen LogP contribution in [0, 0.1) is 6.92 Å². The van der Waals surface area contributed by atoms with Crippen LogP contribution < -0.4 is 10.4 Å². The lowest BCUT2D eigenvalue weighted by Gasteiger charge is -2.38. The van der Waals surface area contributed by atoms with E-state index in [9.17, 15) is 9.59 Å². The van der Waals surface area contributed by atoms with Gasteiger partial charge in [-0.05, 0) is 202 Å². The van der Waals surface area contributed by atoms with E-state index < -0.39 is 50.4 Å². The number of benzene rings is 2. The fraction of sp³-hybridized carbons (Fsp3) is 0.481. The predicted molar refractivity (Wildman–Crippen MR) is 315 cm³/mol. The zero-order chi connectivity index (χ0) is 52.3. The maximum atomic E-state index is 14.8. The quantitative estimate of drug-likeness (QED) is 0.0462. The summed E-state index contributed by atoms with van der Waals surface area (Å²) in [7, 11) is -11.9. The van der Waals surface area contributed by atoms with Gasteiger partial charge in [-0.25, -0.2) is 0 Å². The van der Waals surface area contributed by atoms with E-state index >= 15 is 0 Å². The summed E-state index contributed by atoms with van der Waals surface area (Å²) in [5.41, 5.74) is 2.88. The predicted octanol–water partition coefficient (Wildman–Crippen LogP) is 15.0. The van der Waals surface area contributed by atoms with Crippen molar-refractivity contribution in [3.63, 3.8) is 0 Å². The lowest BCUT2D eigenvalue weighted by atomic mass is 10.1. The third kappa shape index (κ3) is 13.0. The molecule has 0 radical (unpaired) electrons. The molecule has 0 atom stereocenters. The third-order valence-electron chi connectivity index (χ3n) is 12.8. The van der Waals surface area contributed by atoms with Crippen LogP contribution >= 0.6 is 22.7 Å². The van der Waals surface area contributed by atoms with Crippen LogP contribution in [-0.2, 0) is 16.5 Å². The first-order chi connectivity index (χ1) is 33.5.